The van der Waals surface area contributed by atoms with Crippen molar-refractivity contribution in [2.45, 2.75) is 33.5 Å². The summed E-state index contributed by atoms with van der Waals surface area (Å²) in [5, 5.41) is 11.8. The Balaban J connectivity index is 1.53. The molecule has 0 aliphatic heterocycles. The molecule has 3 amide bonds. The molecule has 8 nitrogen and oxygen atoms in total. The van der Waals surface area contributed by atoms with Gasteiger partial charge in [-0.25, -0.2) is 14.2 Å². The number of thiazole rings is 1. The fourth-order valence-corrected chi connectivity index (χ4v) is 3.51. The number of benzene rings is 1. The second-order valence-corrected chi connectivity index (χ2v) is 7.58. The Morgan fingerprint density at radius 2 is 2.13 bits per heavy atom. The average molecular weight is 431 g/mol. The van der Waals surface area contributed by atoms with Crippen molar-refractivity contribution in [1.82, 2.24) is 25.0 Å². The predicted molar refractivity (Wildman–Crippen MR) is 113 cm³/mol. The summed E-state index contributed by atoms with van der Waals surface area (Å²) >= 11 is 1.26. The molecular weight excluding hydrogens is 407 g/mol. The molecule has 0 fully saturated rings. The van der Waals surface area contributed by atoms with Crippen molar-refractivity contribution in [2.75, 3.05) is 12.4 Å². The molecule has 3 rings (SSSR count). The van der Waals surface area contributed by atoms with Gasteiger partial charge in [-0.1, -0.05) is 12.1 Å². The Hall–Kier alpha value is -3.27. The van der Waals surface area contributed by atoms with E-state index in [2.05, 4.69) is 20.7 Å². The number of rotatable bonds is 7. The van der Waals surface area contributed by atoms with E-state index in [1.165, 1.54) is 23.5 Å². The molecule has 0 unspecified atom stereocenters. The summed E-state index contributed by atoms with van der Waals surface area (Å²) in [4.78, 5) is 30.6. The van der Waals surface area contributed by atoms with Crippen LogP contribution in [0.25, 0.3) is 0 Å². The molecule has 0 saturated heterocycles. The number of amides is 3. The molecule has 0 radical (unpaired) electrons. The number of nitrogens with zero attached hydrogens (tertiary/aromatic N) is 4. The summed E-state index contributed by atoms with van der Waals surface area (Å²) < 4.78 is 14.9. The maximum atomic E-state index is 13.2. The van der Waals surface area contributed by atoms with Crippen molar-refractivity contribution in [3.05, 3.63) is 64.2 Å². The molecule has 2 heterocycles. The van der Waals surface area contributed by atoms with Crippen molar-refractivity contribution in [1.29, 1.82) is 0 Å². The maximum absolute atomic E-state index is 13.2. The highest BCUT2D eigenvalue weighted by Crippen LogP contribution is 2.18. The van der Waals surface area contributed by atoms with E-state index in [-0.39, 0.29) is 18.3 Å². The molecule has 2 aromatic heterocycles. The topological polar surface area (TPSA) is 92.2 Å². The number of halogens is 1. The van der Waals surface area contributed by atoms with Gasteiger partial charge in [0.15, 0.2) is 5.13 Å². The van der Waals surface area contributed by atoms with Crippen molar-refractivity contribution in [3.8, 4) is 0 Å². The SMILES string of the molecule is CCn1cc(C(=O)N(C)Cc2csc(NC(=O)NCc3cccc(F)c3)n2)c(C)n1. The van der Waals surface area contributed by atoms with E-state index in [9.17, 15) is 14.0 Å². The Morgan fingerprint density at radius 3 is 2.83 bits per heavy atom. The molecule has 0 aliphatic rings. The summed E-state index contributed by atoms with van der Waals surface area (Å²) in [7, 11) is 1.70. The molecule has 0 spiro atoms. The number of hydrogen-bond acceptors (Lipinski definition) is 5. The first-order chi connectivity index (χ1) is 14.4. The summed E-state index contributed by atoms with van der Waals surface area (Å²) in [6, 6.07) is 5.58. The van der Waals surface area contributed by atoms with E-state index in [0.717, 1.165) is 0 Å². The smallest absolute Gasteiger partial charge is 0.321 e. The van der Waals surface area contributed by atoms with Crippen LogP contribution in [0.3, 0.4) is 0 Å². The lowest BCUT2D eigenvalue weighted by Crippen LogP contribution is -2.28. The Morgan fingerprint density at radius 1 is 1.33 bits per heavy atom. The highest BCUT2D eigenvalue weighted by Gasteiger charge is 2.18. The van der Waals surface area contributed by atoms with Crippen molar-refractivity contribution in [3.63, 3.8) is 0 Å². The normalized spacial score (nSPS) is 10.7. The zero-order valence-corrected chi connectivity index (χ0v) is 17.8. The van der Waals surface area contributed by atoms with Gasteiger partial charge in [0.05, 0.1) is 23.5 Å². The van der Waals surface area contributed by atoms with Crippen LogP contribution < -0.4 is 10.6 Å². The fourth-order valence-electron chi connectivity index (χ4n) is 2.82. The number of urea groups is 1. The molecule has 10 heteroatoms. The van der Waals surface area contributed by atoms with Gasteiger partial charge >= 0.3 is 6.03 Å². The summed E-state index contributed by atoms with van der Waals surface area (Å²) in [6.07, 6.45) is 1.74. The van der Waals surface area contributed by atoms with Crippen LogP contribution in [0.4, 0.5) is 14.3 Å². The van der Waals surface area contributed by atoms with Gasteiger partial charge in [0.1, 0.15) is 5.82 Å². The van der Waals surface area contributed by atoms with Gasteiger partial charge in [-0.2, -0.15) is 5.10 Å². The Labute approximate surface area is 177 Å². The number of aromatic nitrogens is 3. The first kappa shape index (κ1) is 21.4. The fraction of sp³-hybridized carbons (Fsp3) is 0.300. The molecule has 30 heavy (non-hydrogen) atoms. The highest BCUT2D eigenvalue weighted by molar-refractivity contribution is 7.13. The maximum Gasteiger partial charge on any atom is 0.321 e. The highest BCUT2D eigenvalue weighted by atomic mass is 32.1. The van der Waals surface area contributed by atoms with Crippen molar-refractivity contribution < 1.29 is 14.0 Å². The van der Waals surface area contributed by atoms with Crippen LogP contribution in [0, 0.1) is 12.7 Å². The summed E-state index contributed by atoms with van der Waals surface area (Å²) in [5.74, 6) is -0.488. The van der Waals surface area contributed by atoms with Gasteiger partial charge in [-0.05, 0) is 31.5 Å². The quantitative estimate of drug-likeness (QED) is 0.601. The lowest BCUT2D eigenvalue weighted by atomic mass is 10.2. The van der Waals surface area contributed by atoms with Crippen LogP contribution in [0.2, 0.25) is 0 Å². The molecule has 0 bridgehead atoms. The van der Waals surface area contributed by atoms with Crippen LogP contribution in [0.15, 0.2) is 35.8 Å². The predicted octanol–water partition coefficient (Wildman–Crippen LogP) is 3.40. The second kappa shape index (κ2) is 9.49. The Kier molecular flexibility index (Phi) is 6.78. The monoisotopic (exact) mass is 430 g/mol. The van der Waals surface area contributed by atoms with Gasteiger partial charge in [0.2, 0.25) is 0 Å². The molecule has 3 aromatic rings. The zero-order valence-electron chi connectivity index (χ0n) is 17.0. The van der Waals surface area contributed by atoms with E-state index in [1.807, 2.05) is 6.92 Å². The van der Waals surface area contributed by atoms with Gasteiger partial charge < -0.3 is 10.2 Å². The van der Waals surface area contributed by atoms with E-state index in [4.69, 9.17) is 0 Å². The molecule has 158 valence electrons. The Bertz CT molecular complexity index is 1050. The molecule has 2 N–H and O–H groups in total. The number of carbonyl (C=O) groups excluding carboxylic acids is 2. The standard InChI is InChI=1S/C20H23FN6O2S/c1-4-27-11-17(13(2)25-27)18(28)26(3)10-16-12-30-20(23-16)24-19(29)22-9-14-6-5-7-15(21)8-14/h5-8,11-12H,4,9-10H2,1-3H3,(H2,22,23,24,29). The van der Waals surface area contributed by atoms with E-state index in [0.29, 0.717) is 40.7 Å². The van der Waals surface area contributed by atoms with Crippen LogP contribution in [-0.2, 0) is 19.6 Å². The lowest BCUT2D eigenvalue weighted by molar-refractivity contribution is 0.0783. The number of anilines is 1. The minimum atomic E-state index is -0.438. The molecule has 0 aliphatic carbocycles. The molecule has 0 atom stereocenters. The van der Waals surface area contributed by atoms with Crippen molar-refractivity contribution in [2.24, 2.45) is 0 Å². The first-order valence-corrected chi connectivity index (χ1v) is 10.3. The lowest BCUT2D eigenvalue weighted by Gasteiger charge is -2.15. The van der Waals surface area contributed by atoms with Crippen molar-refractivity contribution >= 4 is 28.4 Å². The van der Waals surface area contributed by atoms with Crippen LogP contribution in [0.5, 0.6) is 0 Å². The summed E-state index contributed by atoms with van der Waals surface area (Å²) in [6.45, 7) is 4.96. The van der Waals surface area contributed by atoms with Crippen LogP contribution in [0.1, 0.15) is 34.2 Å². The first-order valence-electron chi connectivity index (χ1n) is 9.39. The zero-order chi connectivity index (χ0) is 21.7. The number of carbonyl (C=O) groups is 2. The minimum Gasteiger partial charge on any atom is -0.336 e. The molecular formula is C20H23FN6O2S. The minimum absolute atomic E-state index is 0.137. The third-order valence-electron chi connectivity index (χ3n) is 4.36. The third-order valence-corrected chi connectivity index (χ3v) is 5.17. The third kappa shape index (κ3) is 5.41. The van der Waals surface area contributed by atoms with Gasteiger partial charge in [0.25, 0.3) is 5.91 Å². The van der Waals surface area contributed by atoms with Gasteiger partial charge in [0, 0.05) is 31.7 Å². The second-order valence-electron chi connectivity index (χ2n) is 6.73. The van der Waals surface area contributed by atoms with E-state index >= 15 is 0 Å². The van der Waals surface area contributed by atoms with Crippen LogP contribution >= 0.6 is 11.3 Å². The summed E-state index contributed by atoms with van der Waals surface area (Å²) in [5.41, 5.74) is 2.57. The molecule has 1 aromatic carbocycles. The van der Waals surface area contributed by atoms with Gasteiger partial charge in [-0.15, -0.1) is 11.3 Å². The molecule has 0 saturated carbocycles. The van der Waals surface area contributed by atoms with E-state index < -0.39 is 6.03 Å². The number of nitrogens with one attached hydrogen (secondary N) is 2. The number of hydrogen-bond donors (Lipinski definition) is 2. The average Bonchev–Trinajstić information content (AvgIpc) is 3.31. The van der Waals surface area contributed by atoms with E-state index in [1.54, 1.807) is 47.3 Å². The van der Waals surface area contributed by atoms with Crippen LogP contribution in [-0.4, -0.2) is 38.7 Å². The number of aryl methyl sites for hydroxylation is 2. The largest absolute Gasteiger partial charge is 0.336 e. The van der Waals surface area contributed by atoms with Gasteiger partial charge in [-0.3, -0.25) is 14.8 Å².